The number of ether oxygens (including phenoxy) is 2. The average molecular weight is 204 g/mol. The molecule has 5 nitrogen and oxygen atoms in total. The summed E-state index contributed by atoms with van der Waals surface area (Å²) in [7, 11) is 1.44. The molecule has 3 unspecified atom stereocenters. The van der Waals surface area contributed by atoms with Crippen molar-refractivity contribution in [1.29, 1.82) is 0 Å². The zero-order chi connectivity index (χ0) is 11.0. The van der Waals surface area contributed by atoms with Gasteiger partial charge < -0.3 is 24.2 Å². The molecule has 14 heavy (non-hydrogen) atoms. The summed E-state index contributed by atoms with van der Waals surface area (Å²) in [5.41, 5.74) is 0. The zero-order valence-corrected chi connectivity index (χ0v) is 8.38. The van der Waals surface area contributed by atoms with Gasteiger partial charge in [-0.3, -0.25) is 0 Å². The van der Waals surface area contributed by atoms with E-state index < -0.39 is 18.3 Å². The molecule has 0 saturated heterocycles. The van der Waals surface area contributed by atoms with Gasteiger partial charge in [0.2, 0.25) is 0 Å². The van der Waals surface area contributed by atoms with Crippen LogP contribution in [0.3, 0.4) is 0 Å². The van der Waals surface area contributed by atoms with Gasteiger partial charge >= 0.3 is 0 Å². The lowest BCUT2D eigenvalue weighted by Gasteiger charge is -2.21. The van der Waals surface area contributed by atoms with E-state index in [2.05, 4.69) is 0 Å². The minimum Gasteiger partial charge on any atom is -0.383 e. The maximum atomic E-state index is 10.5. The number of carbonyl (C=O) groups is 2. The summed E-state index contributed by atoms with van der Waals surface area (Å²) in [5, 5.41) is 9.18. The van der Waals surface area contributed by atoms with Crippen molar-refractivity contribution in [2.24, 2.45) is 0 Å². The van der Waals surface area contributed by atoms with Gasteiger partial charge in [0.05, 0.1) is 12.7 Å². The van der Waals surface area contributed by atoms with Gasteiger partial charge in [0.1, 0.15) is 12.2 Å². The van der Waals surface area contributed by atoms with Crippen LogP contribution in [-0.4, -0.2) is 49.7 Å². The second-order valence-corrected chi connectivity index (χ2v) is 2.84. The molecule has 0 heterocycles. The van der Waals surface area contributed by atoms with Gasteiger partial charge in [-0.05, 0) is 6.42 Å². The van der Waals surface area contributed by atoms with Crippen molar-refractivity contribution in [1.82, 2.24) is 0 Å². The average Bonchev–Trinajstić information content (AvgIpc) is 2.23. The Kier molecular flexibility index (Phi) is 7.18. The number of hydrogen-bond donors (Lipinski definition) is 1. The standard InChI is InChI=1S/C9H16O5/c1-3-9(8(12)5-11)14-7(4-10)6-13-2/h4-5,7-9,12H,3,6H2,1-2H3. The van der Waals surface area contributed by atoms with Crippen LogP contribution in [0, 0.1) is 0 Å². The molecule has 0 spiro atoms. The third-order valence-electron chi connectivity index (χ3n) is 1.76. The van der Waals surface area contributed by atoms with E-state index in [4.69, 9.17) is 9.47 Å². The van der Waals surface area contributed by atoms with E-state index in [1.807, 2.05) is 0 Å². The molecule has 0 saturated carbocycles. The number of aliphatic hydroxyl groups is 1. The van der Waals surface area contributed by atoms with Crippen LogP contribution in [0.15, 0.2) is 0 Å². The van der Waals surface area contributed by atoms with Gasteiger partial charge in [0, 0.05) is 7.11 Å². The molecular formula is C9H16O5. The van der Waals surface area contributed by atoms with E-state index in [9.17, 15) is 14.7 Å². The Morgan fingerprint density at radius 2 is 2.00 bits per heavy atom. The van der Waals surface area contributed by atoms with Crippen LogP contribution in [0.4, 0.5) is 0 Å². The van der Waals surface area contributed by atoms with E-state index in [0.29, 0.717) is 19.0 Å². The Bertz CT molecular complexity index is 171. The van der Waals surface area contributed by atoms with Crippen LogP contribution < -0.4 is 0 Å². The zero-order valence-electron chi connectivity index (χ0n) is 8.38. The van der Waals surface area contributed by atoms with Crippen molar-refractivity contribution in [2.45, 2.75) is 31.7 Å². The fourth-order valence-electron chi connectivity index (χ4n) is 1.01. The molecule has 0 aromatic heterocycles. The van der Waals surface area contributed by atoms with Crippen LogP contribution in [-0.2, 0) is 19.1 Å². The lowest BCUT2D eigenvalue weighted by molar-refractivity contribution is -0.140. The molecular weight excluding hydrogens is 188 g/mol. The molecule has 0 aromatic rings. The second kappa shape index (κ2) is 7.61. The molecule has 1 N–H and O–H groups in total. The first-order chi connectivity index (χ1) is 6.69. The number of rotatable bonds is 8. The van der Waals surface area contributed by atoms with Gasteiger partial charge in [-0.25, -0.2) is 0 Å². The highest BCUT2D eigenvalue weighted by molar-refractivity contribution is 5.58. The van der Waals surface area contributed by atoms with Gasteiger partial charge in [-0.1, -0.05) is 6.92 Å². The summed E-state index contributed by atoms with van der Waals surface area (Å²) >= 11 is 0. The molecule has 3 atom stereocenters. The first kappa shape index (κ1) is 13.2. The second-order valence-electron chi connectivity index (χ2n) is 2.84. The first-order valence-electron chi connectivity index (χ1n) is 4.42. The predicted molar refractivity (Wildman–Crippen MR) is 49.0 cm³/mol. The van der Waals surface area contributed by atoms with Crippen molar-refractivity contribution in [3.05, 3.63) is 0 Å². The van der Waals surface area contributed by atoms with Crippen LogP contribution >= 0.6 is 0 Å². The maximum absolute atomic E-state index is 10.5. The third-order valence-corrected chi connectivity index (χ3v) is 1.76. The summed E-state index contributed by atoms with van der Waals surface area (Å²) in [5.74, 6) is 0. The molecule has 0 fully saturated rings. The lowest BCUT2D eigenvalue weighted by atomic mass is 10.1. The number of carbonyl (C=O) groups excluding carboxylic acids is 2. The van der Waals surface area contributed by atoms with E-state index in [-0.39, 0.29) is 6.61 Å². The molecule has 0 bridgehead atoms. The Labute approximate surface area is 83.0 Å². The topological polar surface area (TPSA) is 72.8 Å². The number of aldehydes is 2. The fourth-order valence-corrected chi connectivity index (χ4v) is 1.01. The molecule has 0 aromatic carbocycles. The first-order valence-corrected chi connectivity index (χ1v) is 4.42. The van der Waals surface area contributed by atoms with Gasteiger partial charge in [0.15, 0.2) is 12.6 Å². The summed E-state index contributed by atoms with van der Waals surface area (Å²) in [6, 6.07) is 0. The van der Waals surface area contributed by atoms with E-state index >= 15 is 0 Å². The minimum absolute atomic E-state index is 0.117. The molecule has 0 aliphatic heterocycles. The van der Waals surface area contributed by atoms with Crippen LogP contribution in [0.2, 0.25) is 0 Å². The quantitative estimate of drug-likeness (QED) is 0.542. The molecule has 82 valence electrons. The van der Waals surface area contributed by atoms with Gasteiger partial charge in [-0.15, -0.1) is 0 Å². The Morgan fingerprint density at radius 1 is 1.36 bits per heavy atom. The highest BCUT2D eigenvalue weighted by atomic mass is 16.5. The SMILES string of the molecule is CCC(OC(C=O)COC)C(O)C=O. The molecule has 0 rings (SSSR count). The van der Waals surface area contributed by atoms with Gasteiger partial charge in [-0.2, -0.15) is 0 Å². The summed E-state index contributed by atoms with van der Waals surface area (Å²) in [4.78, 5) is 20.8. The van der Waals surface area contributed by atoms with E-state index in [1.165, 1.54) is 7.11 Å². The summed E-state index contributed by atoms with van der Waals surface area (Å²) in [6.45, 7) is 1.87. The lowest BCUT2D eigenvalue weighted by Crippen LogP contribution is -2.35. The Balaban J connectivity index is 4.12. The Hall–Kier alpha value is -0.780. The van der Waals surface area contributed by atoms with Crippen molar-refractivity contribution in [2.75, 3.05) is 13.7 Å². The largest absolute Gasteiger partial charge is 0.383 e. The van der Waals surface area contributed by atoms with Crippen molar-refractivity contribution < 1.29 is 24.2 Å². The molecule has 0 aliphatic rings. The van der Waals surface area contributed by atoms with Crippen molar-refractivity contribution in [3.63, 3.8) is 0 Å². The van der Waals surface area contributed by atoms with E-state index in [0.717, 1.165) is 0 Å². The highest BCUT2D eigenvalue weighted by Gasteiger charge is 2.21. The van der Waals surface area contributed by atoms with Crippen molar-refractivity contribution >= 4 is 12.6 Å². The number of hydrogen-bond acceptors (Lipinski definition) is 5. The fraction of sp³-hybridized carbons (Fsp3) is 0.778. The molecule has 5 heteroatoms. The normalized spacial score (nSPS) is 17.1. The summed E-state index contributed by atoms with van der Waals surface area (Å²) < 4.78 is 9.90. The molecule has 0 amide bonds. The third kappa shape index (κ3) is 4.45. The summed E-state index contributed by atoms with van der Waals surface area (Å²) in [6.07, 6.45) is -1.16. The maximum Gasteiger partial charge on any atom is 0.151 e. The molecule has 0 aliphatic carbocycles. The van der Waals surface area contributed by atoms with E-state index in [1.54, 1.807) is 6.92 Å². The minimum atomic E-state index is -1.20. The van der Waals surface area contributed by atoms with Crippen LogP contribution in [0.25, 0.3) is 0 Å². The van der Waals surface area contributed by atoms with Crippen molar-refractivity contribution in [3.8, 4) is 0 Å². The molecule has 0 radical (unpaired) electrons. The predicted octanol–water partition coefficient (Wildman–Crippen LogP) is -0.445. The highest BCUT2D eigenvalue weighted by Crippen LogP contribution is 2.06. The van der Waals surface area contributed by atoms with Gasteiger partial charge in [0.25, 0.3) is 0 Å². The monoisotopic (exact) mass is 204 g/mol. The van der Waals surface area contributed by atoms with Crippen LogP contribution in [0.1, 0.15) is 13.3 Å². The smallest absolute Gasteiger partial charge is 0.151 e. The number of methoxy groups -OCH3 is 1. The number of aliphatic hydroxyl groups excluding tert-OH is 1. The Morgan fingerprint density at radius 3 is 2.36 bits per heavy atom. The van der Waals surface area contributed by atoms with Crippen LogP contribution in [0.5, 0.6) is 0 Å².